The summed E-state index contributed by atoms with van der Waals surface area (Å²) < 4.78 is 7.33. The minimum atomic E-state index is -1.25. The van der Waals surface area contributed by atoms with E-state index in [-0.39, 0.29) is 6.61 Å². The Morgan fingerprint density at radius 3 is 2.68 bits per heavy atom. The fraction of sp³-hybridized carbons (Fsp3) is 0.231. The minimum absolute atomic E-state index is 0.245. The average molecular weight is 325 g/mol. The van der Waals surface area contributed by atoms with Gasteiger partial charge in [-0.1, -0.05) is 12.1 Å². The van der Waals surface area contributed by atoms with Crippen molar-refractivity contribution < 1.29 is 14.6 Å². The third kappa shape index (κ3) is 3.21. The lowest BCUT2D eigenvalue weighted by Crippen LogP contribution is -2.15. The molecule has 19 heavy (non-hydrogen) atoms. The van der Waals surface area contributed by atoms with Gasteiger partial charge in [0, 0.05) is 6.20 Å². The summed E-state index contributed by atoms with van der Waals surface area (Å²) in [5.74, 6) is -0.642. The molecular weight excluding hydrogens is 312 g/mol. The Balaban J connectivity index is 2.16. The molecule has 0 aliphatic carbocycles. The van der Waals surface area contributed by atoms with Gasteiger partial charge in [-0.25, -0.2) is 9.48 Å². The van der Waals surface area contributed by atoms with E-state index in [0.717, 1.165) is 10.2 Å². The van der Waals surface area contributed by atoms with Gasteiger partial charge in [-0.05, 0) is 40.5 Å². The summed E-state index contributed by atoms with van der Waals surface area (Å²) in [5.41, 5.74) is 1.33. The molecule has 100 valence electrons. The lowest BCUT2D eigenvalue weighted by molar-refractivity contribution is -0.153. The van der Waals surface area contributed by atoms with Crippen LogP contribution < -0.4 is 0 Å². The van der Waals surface area contributed by atoms with Gasteiger partial charge in [0.05, 0.1) is 23.0 Å². The van der Waals surface area contributed by atoms with Gasteiger partial charge in [0.1, 0.15) is 0 Å². The number of benzene rings is 1. The first-order chi connectivity index (χ1) is 9.11. The fourth-order valence-corrected chi connectivity index (χ4v) is 1.89. The highest BCUT2D eigenvalue weighted by atomic mass is 79.9. The molecule has 0 amide bonds. The van der Waals surface area contributed by atoms with Crippen LogP contribution in [0, 0.1) is 0 Å². The molecule has 0 aliphatic rings. The molecule has 1 aromatic heterocycles. The van der Waals surface area contributed by atoms with Gasteiger partial charge in [0.2, 0.25) is 0 Å². The van der Waals surface area contributed by atoms with E-state index in [1.165, 1.54) is 0 Å². The van der Waals surface area contributed by atoms with E-state index in [9.17, 15) is 9.90 Å². The van der Waals surface area contributed by atoms with Crippen LogP contribution in [0.2, 0.25) is 0 Å². The Labute approximate surface area is 118 Å². The number of ether oxygens (including phenoxy) is 1. The molecule has 2 rings (SSSR count). The van der Waals surface area contributed by atoms with Crippen molar-refractivity contribution in [2.45, 2.75) is 13.0 Å². The summed E-state index contributed by atoms with van der Waals surface area (Å²) in [4.78, 5) is 11.4. The van der Waals surface area contributed by atoms with Crippen LogP contribution in [0.1, 0.15) is 18.6 Å². The van der Waals surface area contributed by atoms with Crippen molar-refractivity contribution in [2.24, 2.45) is 0 Å². The number of nitrogens with zero attached hydrogens (tertiary/aromatic N) is 2. The molecule has 0 aliphatic heterocycles. The van der Waals surface area contributed by atoms with Gasteiger partial charge in [-0.3, -0.25) is 0 Å². The van der Waals surface area contributed by atoms with Crippen molar-refractivity contribution >= 4 is 21.9 Å². The van der Waals surface area contributed by atoms with Crippen LogP contribution in [-0.2, 0) is 9.53 Å². The molecular formula is C13H13BrN2O3. The first-order valence-corrected chi connectivity index (χ1v) is 6.56. The molecule has 1 aromatic carbocycles. The van der Waals surface area contributed by atoms with Crippen LogP contribution in [0.5, 0.6) is 0 Å². The number of carbonyl (C=O) groups excluding carboxylic acids is 1. The van der Waals surface area contributed by atoms with Crippen molar-refractivity contribution in [3.63, 3.8) is 0 Å². The zero-order valence-electron chi connectivity index (χ0n) is 10.3. The van der Waals surface area contributed by atoms with E-state index in [2.05, 4.69) is 21.0 Å². The normalized spacial score (nSPS) is 12.2. The lowest BCUT2D eigenvalue weighted by atomic mass is 10.1. The lowest BCUT2D eigenvalue weighted by Gasteiger charge is -2.10. The molecule has 0 spiro atoms. The number of aliphatic hydroxyl groups excluding tert-OH is 1. The molecule has 0 radical (unpaired) electrons. The summed E-state index contributed by atoms with van der Waals surface area (Å²) in [7, 11) is 0. The second-order valence-electron chi connectivity index (χ2n) is 3.85. The fourth-order valence-electron chi connectivity index (χ4n) is 1.61. The first-order valence-electron chi connectivity index (χ1n) is 5.77. The van der Waals surface area contributed by atoms with E-state index in [4.69, 9.17) is 4.74 Å². The molecule has 1 heterocycles. The molecule has 1 unspecified atom stereocenters. The standard InChI is InChI=1S/C13H13BrN2O3/c1-2-19-13(18)12(17)9-3-5-11(6-4-9)16-8-10(14)7-15-16/h3-8,12,17H,2H2,1H3. The van der Waals surface area contributed by atoms with Gasteiger partial charge in [-0.2, -0.15) is 5.10 Å². The highest BCUT2D eigenvalue weighted by molar-refractivity contribution is 9.10. The second-order valence-corrected chi connectivity index (χ2v) is 4.76. The molecule has 0 fully saturated rings. The first kappa shape index (κ1) is 13.8. The Kier molecular flexibility index (Phi) is 4.34. The Bertz CT molecular complexity index is 566. The Morgan fingerprint density at radius 1 is 1.47 bits per heavy atom. The highest BCUT2D eigenvalue weighted by Gasteiger charge is 2.18. The third-order valence-electron chi connectivity index (χ3n) is 2.53. The summed E-state index contributed by atoms with van der Waals surface area (Å²) >= 11 is 3.32. The molecule has 0 saturated carbocycles. The number of aliphatic hydroxyl groups is 1. The molecule has 1 N–H and O–H groups in total. The topological polar surface area (TPSA) is 64.3 Å². The van der Waals surface area contributed by atoms with Crippen molar-refractivity contribution in [1.29, 1.82) is 0 Å². The Hall–Kier alpha value is -1.66. The maximum atomic E-state index is 11.4. The molecule has 0 bridgehead atoms. The number of carbonyl (C=O) groups is 1. The van der Waals surface area contributed by atoms with Crippen molar-refractivity contribution in [3.05, 3.63) is 46.7 Å². The van der Waals surface area contributed by atoms with Crippen LogP contribution in [0.4, 0.5) is 0 Å². The number of rotatable bonds is 4. The van der Waals surface area contributed by atoms with E-state index < -0.39 is 12.1 Å². The highest BCUT2D eigenvalue weighted by Crippen LogP contribution is 2.18. The molecule has 1 atom stereocenters. The molecule has 5 nitrogen and oxygen atoms in total. The summed E-state index contributed by atoms with van der Waals surface area (Å²) in [6.07, 6.45) is 2.25. The number of hydrogen-bond acceptors (Lipinski definition) is 4. The summed E-state index contributed by atoms with van der Waals surface area (Å²) in [6, 6.07) is 6.90. The second kappa shape index (κ2) is 5.99. The van der Waals surface area contributed by atoms with Gasteiger partial charge in [0.15, 0.2) is 6.10 Å². The van der Waals surface area contributed by atoms with Gasteiger partial charge >= 0.3 is 5.97 Å². The minimum Gasteiger partial charge on any atom is -0.464 e. The van der Waals surface area contributed by atoms with Crippen LogP contribution in [0.15, 0.2) is 41.1 Å². The van der Waals surface area contributed by atoms with Crippen LogP contribution in [-0.4, -0.2) is 27.5 Å². The van der Waals surface area contributed by atoms with Gasteiger partial charge < -0.3 is 9.84 Å². The quantitative estimate of drug-likeness (QED) is 0.876. The summed E-state index contributed by atoms with van der Waals surface area (Å²) in [6.45, 7) is 1.94. The number of halogens is 1. The van der Waals surface area contributed by atoms with E-state index in [1.807, 2.05) is 6.20 Å². The van der Waals surface area contributed by atoms with Gasteiger partial charge in [-0.15, -0.1) is 0 Å². The Morgan fingerprint density at radius 2 is 2.16 bits per heavy atom. The SMILES string of the molecule is CCOC(=O)C(O)c1ccc(-n2cc(Br)cn2)cc1. The molecule has 2 aromatic rings. The van der Waals surface area contributed by atoms with Crippen molar-refractivity contribution in [2.75, 3.05) is 6.61 Å². The molecule has 0 saturated heterocycles. The predicted molar refractivity (Wildman–Crippen MR) is 72.9 cm³/mol. The predicted octanol–water partition coefficient (Wildman–Crippen LogP) is 2.23. The molecule has 6 heteroatoms. The largest absolute Gasteiger partial charge is 0.464 e. The number of esters is 1. The average Bonchev–Trinajstić information content (AvgIpc) is 2.85. The van der Waals surface area contributed by atoms with E-state index >= 15 is 0 Å². The monoisotopic (exact) mass is 324 g/mol. The summed E-state index contributed by atoms with van der Waals surface area (Å²) in [5, 5.41) is 13.9. The number of aromatic nitrogens is 2. The van der Waals surface area contributed by atoms with Crippen LogP contribution in [0.3, 0.4) is 0 Å². The van der Waals surface area contributed by atoms with Crippen molar-refractivity contribution in [1.82, 2.24) is 9.78 Å². The van der Waals surface area contributed by atoms with E-state index in [0.29, 0.717) is 5.56 Å². The van der Waals surface area contributed by atoms with E-state index in [1.54, 1.807) is 42.1 Å². The van der Waals surface area contributed by atoms with Gasteiger partial charge in [0.25, 0.3) is 0 Å². The van der Waals surface area contributed by atoms with Crippen LogP contribution in [0.25, 0.3) is 5.69 Å². The van der Waals surface area contributed by atoms with Crippen LogP contribution >= 0.6 is 15.9 Å². The zero-order chi connectivity index (χ0) is 13.8. The number of hydrogen-bond donors (Lipinski definition) is 1. The third-order valence-corrected chi connectivity index (χ3v) is 2.94. The van der Waals surface area contributed by atoms with Crippen molar-refractivity contribution in [3.8, 4) is 5.69 Å². The maximum absolute atomic E-state index is 11.4. The maximum Gasteiger partial charge on any atom is 0.339 e. The zero-order valence-corrected chi connectivity index (χ0v) is 11.9. The smallest absolute Gasteiger partial charge is 0.339 e.